The molecule has 6 aromatic heterocycles. The zero-order valence-corrected chi connectivity index (χ0v) is 68.3. The van der Waals surface area contributed by atoms with Crippen molar-refractivity contribution in [3.63, 3.8) is 0 Å². The van der Waals surface area contributed by atoms with Gasteiger partial charge < -0.3 is 39.9 Å². The van der Waals surface area contributed by atoms with Gasteiger partial charge in [0.05, 0.1) is 63.5 Å². The highest BCUT2D eigenvalue weighted by Gasteiger charge is 2.36. The predicted octanol–water partition coefficient (Wildman–Crippen LogP) is 21.3. The third-order valence-corrected chi connectivity index (χ3v) is 23.5. The molecule has 0 spiro atoms. The number of nitrogens with zero attached hydrogens (tertiary/aromatic N) is 4. The third-order valence-electron chi connectivity index (χ3n) is 16.0. The Morgan fingerprint density at radius 1 is 0.588 bits per heavy atom. The van der Waals surface area contributed by atoms with Gasteiger partial charge >= 0.3 is 25.8 Å². The summed E-state index contributed by atoms with van der Waals surface area (Å²) in [4.78, 5) is 50.9. The first-order valence-corrected chi connectivity index (χ1v) is 39.3. The van der Waals surface area contributed by atoms with Crippen molar-refractivity contribution in [2.75, 3.05) is 72.9 Å². The lowest BCUT2D eigenvalue weighted by molar-refractivity contribution is -0.0893. The van der Waals surface area contributed by atoms with Crippen LogP contribution in [0.2, 0.25) is 20.1 Å². The first-order chi connectivity index (χ1) is 48.3. The van der Waals surface area contributed by atoms with Crippen molar-refractivity contribution < 1.29 is 48.6 Å². The molecule has 0 unspecified atom stereocenters. The summed E-state index contributed by atoms with van der Waals surface area (Å²) in [5.74, 6) is 0.264. The number of ether oxygens (including phenoxy) is 3. The Bertz CT molecular complexity index is 4530. The Morgan fingerprint density at radius 2 is 1.03 bits per heavy atom. The van der Waals surface area contributed by atoms with E-state index in [0.717, 1.165) is 94.5 Å². The molecule has 10 aromatic rings. The van der Waals surface area contributed by atoms with Crippen LogP contribution in [0.1, 0.15) is 66.8 Å². The molecule has 2 aliphatic heterocycles. The second-order valence-electron chi connectivity index (χ2n) is 25.1. The number of pyridine rings is 2. The number of carbonyl (C=O) groups excluding carboxylic acids is 3. The zero-order valence-electron chi connectivity index (χ0n) is 56.5. The van der Waals surface area contributed by atoms with E-state index in [9.17, 15) is 29.7 Å². The lowest BCUT2D eigenvalue weighted by atomic mass is 9.80. The average Bonchev–Trinajstić information content (AvgIpc) is 1.62. The monoisotopic (exact) mass is 1740 g/mol. The highest BCUT2D eigenvalue weighted by Crippen LogP contribution is 2.42. The SMILES string of the molecule is CC(C)(CO)c1cc(-c2csc(-c3ccc(N4CCOC4=O)cc3Cl)c2)ccn1.CC(C)(CO)c1cc([B]OC(C)(C)C(C)(C)O)ccn1.Nc1ccc(-c2cc(Br)cs2)c(Cl)c1.O=C(Nc1ccc(-c2cc(Br)cs2)c(Cl)c1)OCCCl.O=C1OCCN1c1ccc(-c2cc(Br)cs2)c(Cl)c1. The predicted molar refractivity (Wildman–Crippen MR) is 434 cm³/mol. The Labute approximate surface area is 660 Å². The van der Waals surface area contributed by atoms with Crippen LogP contribution in [0.15, 0.2) is 169 Å². The van der Waals surface area contributed by atoms with E-state index >= 15 is 0 Å². The molecule has 102 heavy (non-hydrogen) atoms. The molecular weight excluding hydrogens is 1680 g/mol. The number of aliphatic hydroxyl groups excluding tert-OH is 2. The second kappa shape index (κ2) is 37.1. The molecule has 6 N–H and O–H groups in total. The van der Waals surface area contributed by atoms with Gasteiger partial charge in [-0.05, 0) is 207 Å². The molecule has 4 aromatic carbocycles. The van der Waals surface area contributed by atoms with Gasteiger partial charge in [-0.25, -0.2) is 14.4 Å². The molecule has 1 radical (unpaired) electrons. The minimum absolute atomic E-state index is 0.0273. The number of hydrogen-bond acceptors (Lipinski definition) is 17. The van der Waals surface area contributed by atoms with E-state index in [0.29, 0.717) is 57.8 Å². The van der Waals surface area contributed by atoms with E-state index in [2.05, 4.69) is 74.5 Å². The minimum Gasteiger partial charge on any atom is -0.448 e. The maximum absolute atomic E-state index is 11.8. The Morgan fingerprint density at radius 3 is 1.45 bits per heavy atom. The van der Waals surface area contributed by atoms with Gasteiger partial charge in [-0.15, -0.1) is 56.9 Å². The van der Waals surface area contributed by atoms with Crippen molar-refractivity contribution >= 4 is 205 Å². The molecule has 16 nitrogen and oxygen atoms in total. The topological polar surface area (TPSA) is 219 Å². The summed E-state index contributed by atoms with van der Waals surface area (Å²) in [5, 5.41) is 42.3. The maximum atomic E-state index is 11.8. The fourth-order valence-electron chi connectivity index (χ4n) is 9.19. The van der Waals surface area contributed by atoms with Crippen molar-refractivity contribution in [3.05, 3.63) is 200 Å². The number of benzene rings is 4. The number of nitrogens with two attached hydrogens (primary N) is 1. The van der Waals surface area contributed by atoms with Crippen LogP contribution in [0.25, 0.3) is 52.9 Å². The smallest absolute Gasteiger partial charge is 0.414 e. The fraction of sp³-hybridized carbons (Fsp3) is 0.274. The number of anilines is 4. The number of cyclic esters (lactones) is 2. The first-order valence-electron chi connectivity index (χ1n) is 31.3. The van der Waals surface area contributed by atoms with E-state index in [-0.39, 0.29) is 37.9 Å². The molecule has 2 aliphatic rings. The number of aliphatic hydroxyl groups is 3. The third kappa shape index (κ3) is 22.5. The van der Waals surface area contributed by atoms with Crippen LogP contribution in [0.3, 0.4) is 0 Å². The number of carbonyl (C=O) groups is 3. The van der Waals surface area contributed by atoms with Gasteiger partial charge in [-0.2, -0.15) is 0 Å². The van der Waals surface area contributed by atoms with Crippen LogP contribution in [-0.2, 0) is 29.7 Å². The molecule has 537 valence electrons. The van der Waals surface area contributed by atoms with Crippen molar-refractivity contribution in [2.24, 2.45) is 0 Å². The van der Waals surface area contributed by atoms with Gasteiger partial charge in [0.1, 0.15) is 19.8 Å². The zero-order chi connectivity index (χ0) is 74.3. The summed E-state index contributed by atoms with van der Waals surface area (Å²) in [5.41, 5.74) is 14.4. The highest BCUT2D eigenvalue weighted by molar-refractivity contribution is 9.11. The number of nitrogens with one attached hydrogen (secondary N) is 1. The van der Waals surface area contributed by atoms with Crippen molar-refractivity contribution in [1.82, 2.24) is 9.97 Å². The number of alkyl halides is 1. The maximum Gasteiger partial charge on any atom is 0.414 e. The van der Waals surface area contributed by atoms with E-state index in [1.54, 1.807) is 119 Å². The van der Waals surface area contributed by atoms with Crippen LogP contribution in [0.4, 0.5) is 37.1 Å². The lowest BCUT2D eigenvalue weighted by Gasteiger charge is -2.37. The van der Waals surface area contributed by atoms with Crippen LogP contribution in [0.5, 0.6) is 0 Å². The van der Waals surface area contributed by atoms with Crippen molar-refractivity contribution in [3.8, 4) is 52.9 Å². The van der Waals surface area contributed by atoms with Crippen LogP contribution in [0, 0.1) is 0 Å². The summed E-state index contributed by atoms with van der Waals surface area (Å²) in [6, 6.07) is 38.0. The van der Waals surface area contributed by atoms with Crippen LogP contribution >= 0.6 is 151 Å². The van der Waals surface area contributed by atoms with E-state index in [1.165, 1.54) is 0 Å². The van der Waals surface area contributed by atoms with Crippen LogP contribution in [-0.4, -0.2) is 114 Å². The van der Waals surface area contributed by atoms with Crippen molar-refractivity contribution in [1.29, 1.82) is 0 Å². The minimum atomic E-state index is -0.955. The summed E-state index contributed by atoms with van der Waals surface area (Å²) in [7, 11) is 1.62. The van der Waals surface area contributed by atoms with E-state index in [1.807, 2.05) is 143 Å². The number of aromatic nitrogens is 2. The number of nitrogen functional groups attached to an aromatic ring is 1. The molecule has 8 heterocycles. The average molecular weight is 1750 g/mol. The largest absolute Gasteiger partial charge is 0.448 e. The van der Waals surface area contributed by atoms with Gasteiger partial charge in [0, 0.05) is 129 Å². The van der Waals surface area contributed by atoms with Crippen LogP contribution < -0.4 is 26.3 Å². The van der Waals surface area contributed by atoms with Gasteiger partial charge in [0.2, 0.25) is 0 Å². The standard InChI is InChI=1S/C22H21ClN2O3S.C15H25BNO3.C13H10BrCl2NO2S.C13H9BrClNO2S.C10H7BrClNS/c1-22(2,13-26)20-10-14(5-6-24-20)15-9-19(29-12-15)17-4-3-16(11-18(17)23)25-7-8-28-21(25)27;1-13(2,10-18)12-9-11(7-8-17-12)16-20-15(5,6)14(3,4)19;14-8-5-12(20-7-8)10-2-1-9(6-11(10)16)17-13(18)19-4-3-15;14-8-5-12(19-7-8)10-2-1-9(6-11(10)15)16-3-4-18-13(16)17;11-6-3-10(14-5-6)8-2-1-7(13)4-9(8)12/h3-6,9-12,26H,7-8,13H2,1-2H3;7-9,18-19H,10H2,1-6H3;1-2,5-7H,3-4H2,(H,17,18);1-2,5-7H,3-4H2;1-5H,13H2. The van der Waals surface area contributed by atoms with E-state index < -0.39 is 28.1 Å². The fourth-order valence-corrected chi connectivity index (χ4v) is 16.0. The van der Waals surface area contributed by atoms with Gasteiger partial charge in [0.15, 0.2) is 0 Å². The molecule has 0 atom stereocenters. The molecule has 0 aliphatic carbocycles. The molecule has 3 amide bonds. The quantitative estimate of drug-likeness (QED) is 0.0234. The molecule has 0 saturated carbocycles. The second-order valence-corrected chi connectivity index (χ2v) is 33.5. The number of amides is 3. The number of halogens is 8. The van der Waals surface area contributed by atoms with Gasteiger partial charge in [0.25, 0.3) is 0 Å². The highest BCUT2D eigenvalue weighted by atomic mass is 79.9. The molecule has 0 bridgehead atoms. The summed E-state index contributed by atoms with van der Waals surface area (Å²) in [6.45, 7) is 17.1. The molecule has 12 rings (SSSR count). The molecule has 29 heteroatoms. The summed E-state index contributed by atoms with van der Waals surface area (Å²) in [6.07, 6.45) is 2.26. The molecule has 2 saturated heterocycles. The number of thiophene rings is 4. The lowest BCUT2D eigenvalue weighted by Crippen LogP contribution is -2.49. The van der Waals surface area contributed by atoms with E-state index in [4.69, 9.17) is 82.6 Å². The number of hydrogen-bond donors (Lipinski definition) is 5. The summed E-state index contributed by atoms with van der Waals surface area (Å²) < 4.78 is 23.6. The molecule has 2 fully saturated rings. The summed E-state index contributed by atoms with van der Waals surface area (Å²) >= 11 is 47.3. The normalized spacial score (nSPS) is 12.9. The number of rotatable bonds is 18. The Hall–Kier alpha value is -5.62. The Kier molecular flexibility index (Phi) is 29.8. The van der Waals surface area contributed by atoms with Gasteiger partial charge in [-0.1, -0.05) is 85.6 Å². The van der Waals surface area contributed by atoms with Gasteiger partial charge in [-0.3, -0.25) is 25.1 Å². The first kappa shape index (κ1) is 82.0. The Balaban J connectivity index is 0.000000165. The molecular formula is C73H72BBr3Cl5N6O10S4. The van der Waals surface area contributed by atoms with Crippen molar-refractivity contribution in [2.45, 2.75) is 77.4 Å².